The Balaban J connectivity index is 2.23. The van der Waals surface area contributed by atoms with Crippen molar-refractivity contribution in [3.63, 3.8) is 0 Å². The van der Waals surface area contributed by atoms with Crippen molar-refractivity contribution in [3.05, 3.63) is 48.0 Å². The monoisotopic (exact) mass is 323 g/mol. The van der Waals surface area contributed by atoms with E-state index >= 15 is 0 Å². The molecule has 0 aromatic carbocycles. The molecule has 3 heterocycles. The first-order chi connectivity index (χ1) is 11.5. The number of rotatable bonds is 3. The third-order valence-corrected chi connectivity index (χ3v) is 3.65. The summed E-state index contributed by atoms with van der Waals surface area (Å²) < 4.78 is 6.49. The number of nitrogen functional groups attached to an aromatic ring is 1. The summed E-state index contributed by atoms with van der Waals surface area (Å²) in [6, 6.07) is 5.40. The first-order valence-electron chi connectivity index (χ1n) is 7.30. The number of nitrogens with zero attached hydrogens (tertiary/aromatic N) is 4. The summed E-state index contributed by atoms with van der Waals surface area (Å²) in [4.78, 5) is 21.0. The molecule has 0 radical (unpaired) electrons. The van der Waals surface area contributed by atoms with Crippen molar-refractivity contribution in [3.8, 4) is 22.5 Å². The molecule has 0 amide bonds. The van der Waals surface area contributed by atoms with Crippen molar-refractivity contribution >= 4 is 11.7 Å². The molecule has 3 rings (SSSR count). The molecular formula is C17H17N5O2. The number of hydrogen-bond donors (Lipinski definition) is 1. The molecule has 2 N–H and O–H groups in total. The van der Waals surface area contributed by atoms with Crippen LogP contribution in [0.3, 0.4) is 0 Å². The van der Waals surface area contributed by atoms with Gasteiger partial charge < -0.3 is 10.5 Å². The fraction of sp³-hybridized carbons (Fsp3) is 0.176. The van der Waals surface area contributed by atoms with Gasteiger partial charge in [0.15, 0.2) is 0 Å². The second kappa shape index (κ2) is 6.11. The predicted molar refractivity (Wildman–Crippen MR) is 90.2 cm³/mol. The zero-order chi connectivity index (χ0) is 17.3. The van der Waals surface area contributed by atoms with Crippen molar-refractivity contribution in [1.29, 1.82) is 0 Å². The number of anilines is 1. The number of esters is 1. The highest BCUT2D eigenvalue weighted by Crippen LogP contribution is 2.31. The minimum absolute atomic E-state index is 0.263. The molecule has 0 saturated carbocycles. The Morgan fingerprint density at radius 1 is 1.25 bits per heavy atom. The SMILES string of the molecule is COC(=O)c1cc(-c2ccc(C)nc2)nc(-c2cnn(C)c2)c1N. The van der Waals surface area contributed by atoms with Gasteiger partial charge in [-0.25, -0.2) is 9.78 Å². The highest BCUT2D eigenvalue weighted by molar-refractivity contribution is 5.99. The van der Waals surface area contributed by atoms with Crippen molar-refractivity contribution < 1.29 is 9.53 Å². The first-order valence-corrected chi connectivity index (χ1v) is 7.30. The summed E-state index contributed by atoms with van der Waals surface area (Å²) >= 11 is 0. The lowest BCUT2D eigenvalue weighted by Gasteiger charge is -2.11. The van der Waals surface area contributed by atoms with Gasteiger partial charge in [0.1, 0.15) is 0 Å². The van der Waals surface area contributed by atoms with E-state index < -0.39 is 5.97 Å². The normalized spacial score (nSPS) is 10.6. The molecule has 0 aliphatic rings. The summed E-state index contributed by atoms with van der Waals surface area (Å²) in [5, 5.41) is 4.14. The van der Waals surface area contributed by atoms with Crippen LogP contribution in [0.4, 0.5) is 5.69 Å². The van der Waals surface area contributed by atoms with Gasteiger partial charge in [-0.05, 0) is 25.1 Å². The van der Waals surface area contributed by atoms with Gasteiger partial charge in [0.2, 0.25) is 0 Å². The van der Waals surface area contributed by atoms with Crippen LogP contribution < -0.4 is 5.73 Å². The Bertz CT molecular complexity index is 900. The summed E-state index contributed by atoms with van der Waals surface area (Å²) in [5.74, 6) is -0.513. The molecule has 0 aliphatic carbocycles. The van der Waals surface area contributed by atoms with E-state index in [0.29, 0.717) is 11.4 Å². The van der Waals surface area contributed by atoms with Crippen molar-refractivity contribution in [2.75, 3.05) is 12.8 Å². The van der Waals surface area contributed by atoms with Gasteiger partial charge in [-0.2, -0.15) is 5.10 Å². The maximum absolute atomic E-state index is 12.1. The molecule has 3 aromatic rings. The number of ether oxygens (including phenoxy) is 1. The lowest BCUT2D eigenvalue weighted by Crippen LogP contribution is -2.09. The van der Waals surface area contributed by atoms with E-state index in [1.807, 2.05) is 19.1 Å². The number of carbonyl (C=O) groups is 1. The van der Waals surface area contributed by atoms with Gasteiger partial charge >= 0.3 is 5.97 Å². The number of carbonyl (C=O) groups excluding carboxylic acids is 1. The average Bonchev–Trinajstić information content (AvgIpc) is 3.01. The van der Waals surface area contributed by atoms with E-state index in [1.165, 1.54) is 7.11 Å². The molecule has 7 nitrogen and oxygen atoms in total. The summed E-state index contributed by atoms with van der Waals surface area (Å²) in [6.45, 7) is 1.90. The Morgan fingerprint density at radius 2 is 2.04 bits per heavy atom. The van der Waals surface area contributed by atoms with Crippen LogP contribution in [0.2, 0.25) is 0 Å². The standard InChI is InChI=1S/C17H17N5O2/c1-10-4-5-11(7-19-10)14-6-13(17(23)24-3)15(18)16(21-14)12-8-20-22(2)9-12/h4-9H,18H2,1-3H3. The third-order valence-electron chi connectivity index (χ3n) is 3.65. The molecule has 122 valence electrons. The summed E-state index contributed by atoms with van der Waals surface area (Å²) in [7, 11) is 3.12. The molecule has 3 aromatic heterocycles. The quantitative estimate of drug-likeness (QED) is 0.742. The van der Waals surface area contributed by atoms with Gasteiger partial charge in [0.25, 0.3) is 0 Å². The smallest absolute Gasteiger partial charge is 0.340 e. The van der Waals surface area contributed by atoms with Crippen LogP contribution in [0.1, 0.15) is 16.1 Å². The molecule has 0 saturated heterocycles. The van der Waals surface area contributed by atoms with Crippen LogP contribution in [0.15, 0.2) is 36.8 Å². The second-order valence-electron chi connectivity index (χ2n) is 5.40. The molecule has 0 fully saturated rings. The molecule has 0 atom stereocenters. The van der Waals surface area contributed by atoms with E-state index in [1.54, 1.807) is 36.4 Å². The van der Waals surface area contributed by atoms with Gasteiger partial charge in [0, 0.05) is 36.3 Å². The zero-order valence-corrected chi connectivity index (χ0v) is 13.6. The van der Waals surface area contributed by atoms with Gasteiger partial charge in [0.05, 0.1) is 35.9 Å². The number of aryl methyl sites for hydroxylation is 2. The van der Waals surface area contributed by atoms with Crippen LogP contribution in [0, 0.1) is 6.92 Å². The van der Waals surface area contributed by atoms with Crippen molar-refractivity contribution in [2.45, 2.75) is 6.92 Å². The van der Waals surface area contributed by atoms with Crippen LogP contribution in [-0.2, 0) is 11.8 Å². The molecule has 7 heteroatoms. The fourth-order valence-corrected chi connectivity index (χ4v) is 2.36. The highest BCUT2D eigenvalue weighted by Gasteiger charge is 2.19. The average molecular weight is 323 g/mol. The summed E-state index contributed by atoms with van der Waals surface area (Å²) in [5.41, 5.74) is 10.2. The summed E-state index contributed by atoms with van der Waals surface area (Å²) in [6.07, 6.45) is 5.15. The molecule has 0 aliphatic heterocycles. The minimum Gasteiger partial charge on any atom is -0.465 e. The lowest BCUT2D eigenvalue weighted by atomic mass is 10.0. The van der Waals surface area contributed by atoms with Crippen LogP contribution in [-0.4, -0.2) is 32.8 Å². The predicted octanol–water partition coefficient (Wildman–Crippen LogP) is 2.22. The number of hydrogen-bond acceptors (Lipinski definition) is 6. The van der Waals surface area contributed by atoms with Crippen LogP contribution in [0.5, 0.6) is 0 Å². The molecule has 0 spiro atoms. The largest absolute Gasteiger partial charge is 0.465 e. The van der Waals surface area contributed by atoms with Crippen molar-refractivity contribution in [1.82, 2.24) is 19.7 Å². The number of pyridine rings is 2. The van der Waals surface area contributed by atoms with Gasteiger partial charge in [-0.3, -0.25) is 9.67 Å². The van der Waals surface area contributed by atoms with Gasteiger partial charge in [-0.15, -0.1) is 0 Å². The van der Waals surface area contributed by atoms with E-state index in [0.717, 1.165) is 16.8 Å². The van der Waals surface area contributed by atoms with E-state index in [-0.39, 0.29) is 11.3 Å². The maximum atomic E-state index is 12.1. The first kappa shape index (κ1) is 15.7. The molecule has 24 heavy (non-hydrogen) atoms. The third kappa shape index (κ3) is 2.83. The Morgan fingerprint density at radius 3 is 2.62 bits per heavy atom. The topological polar surface area (TPSA) is 95.9 Å². The minimum atomic E-state index is -0.513. The lowest BCUT2D eigenvalue weighted by molar-refractivity contribution is 0.0602. The van der Waals surface area contributed by atoms with E-state index in [2.05, 4.69) is 15.1 Å². The Labute approximate surface area is 139 Å². The zero-order valence-electron chi connectivity index (χ0n) is 13.6. The van der Waals surface area contributed by atoms with Gasteiger partial charge in [-0.1, -0.05) is 0 Å². The molecular weight excluding hydrogens is 306 g/mol. The molecule has 0 bridgehead atoms. The van der Waals surface area contributed by atoms with Crippen molar-refractivity contribution in [2.24, 2.45) is 7.05 Å². The second-order valence-corrected chi connectivity index (χ2v) is 5.40. The van der Waals surface area contributed by atoms with Crippen LogP contribution in [0.25, 0.3) is 22.5 Å². The van der Waals surface area contributed by atoms with E-state index in [4.69, 9.17) is 10.5 Å². The number of nitrogens with two attached hydrogens (primary N) is 1. The maximum Gasteiger partial charge on any atom is 0.340 e. The number of aromatic nitrogens is 4. The highest BCUT2D eigenvalue weighted by atomic mass is 16.5. The van der Waals surface area contributed by atoms with Crippen LogP contribution >= 0.6 is 0 Å². The Hall–Kier alpha value is -3.22. The fourth-order valence-electron chi connectivity index (χ4n) is 2.36. The Kier molecular flexibility index (Phi) is 3.99. The van der Waals surface area contributed by atoms with E-state index in [9.17, 15) is 4.79 Å². The number of methoxy groups -OCH3 is 1. The molecule has 0 unspecified atom stereocenters.